The molecule has 1 amide bonds. The second-order valence-electron chi connectivity index (χ2n) is 6.51. The fourth-order valence-corrected chi connectivity index (χ4v) is 4.69. The van der Waals surface area contributed by atoms with Crippen LogP contribution in [0.5, 0.6) is 0 Å². The SMILES string of the molecule is C[C@@H](NS(=O)(=O)c1ccc2c(c1)CCCC2)C(=O)N1CCCC1. The molecular formula is C17H24N2O3S. The van der Waals surface area contributed by atoms with Crippen LogP contribution < -0.4 is 4.72 Å². The molecule has 2 aliphatic rings. The summed E-state index contributed by atoms with van der Waals surface area (Å²) in [5.41, 5.74) is 2.37. The first-order valence-corrected chi connectivity index (χ1v) is 9.88. The van der Waals surface area contributed by atoms with Gasteiger partial charge in [-0.1, -0.05) is 6.07 Å². The maximum atomic E-state index is 12.6. The number of aryl methyl sites for hydroxylation is 2. The maximum Gasteiger partial charge on any atom is 0.241 e. The lowest BCUT2D eigenvalue weighted by atomic mass is 9.92. The van der Waals surface area contributed by atoms with E-state index in [1.54, 1.807) is 24.0 Å². The van der Waals surface area contributed by atoms with Crippen molar-refractivity contribution in [2.45, 2.75) is 56.4 Å². The highest BCUT2D eigenvalue weighted by Gasteiger charge is 2.27. The molecule has 126 valence electrons. The molecule has 0 aromatic heterocycles. The van der Waals surface area contributed by atoms with Gasteiger partial charge >= 0.3 is 0 Å². The van der Waals surface area contributed by atoms with Gasteiger partial charge in [0.1, 0.15) is 0 Å². The van der Waals surface area contributed by atoms with Crippen molar-refractivity contribution in [1.82, 2.24) is 9.62 Å². The van der Waals surface area contributed by atoms with Gasteiger partial charge in [0.2, 0.25) is 15.9 Å². The van der Waals surface area contributed by atoms with Gasteiger partial charge < -0.3 is 4.90 Å². The Labute approximate surface area is 138 Å². The summed E-state index contributed by atoms with van der Waals surface area (Å²) in [5.74, 6) is -0.135. The number of amides is 1. The predicted molar refractivity (Wildman–Crippen MR) is 88.7 cm³/mol. The lowest BCUT2D eigenvalue weighted by molar-refractivity contribution is -0.131. The van der Waals surface area contributed by atoms with Crippen LogP contribution in [0.25, 0.3) is 0 Å². The Morgan fingerprint density at radius 2 is 1.74 bits per heavy atom. The van der Waals surface area contributed by atoms with Crippen molar-refractivity contribution in [3.63, 3.8) is 0 Å². The molecule has 1 saturated heterocycles. The summed E-state index contributed by atoms with van der Waals surface area (Å²) >= 11 is 0. The van der Waals surface area contributed by atoms with E-state index in [1.807, 2.05) is 6.07 Å². The number of carbonyl (C=O) groups excluding carboxylic acids is 1. The third-order valence-electron chi connectivity index (χ3n) is 4.75. The molecule has 1 heterocycles. The number of nitrogens with one attached hydrogen (secondary N) is 1. The van der Waals surface area contributed by atoms with Crippen LogP contribution in [0.3, 0.4) is 0 Å². The predicted octanol–water partition coefficient (Wildman–Crippen LogP) is 1.85. The molecule has 1 N–H and O–H groups in total. The van der Waals surface area contributed by atoms with E-state index in [9.17, 15) is 13.2 Å². The van der Waals surface area contributed by atoms with Crippen molar-refractivity contribution < 1.29 is 13.2 Å². The Kier molecular flexibility index (Phi) is 4.73. The zero-order valence-electron chi connectivity index (χ0n) is 13.5. The zero-order chi connectivity index (χ0) is 16.4. The molecule has 1 aliphatic carbocycles. The summed E-state index contributed by atoms with van der Waals surface area (Å²) in [6, 6.07) is 4.61. The van der Waals surface area contributed by atoms with Crippen LogP contribution in [0.1, 0.15) is 43.7 Å². The topological polar surface area (TPSA) is 66.5 Å². The molecule has 0 spiro atoms. The van der Waals surface area contributed by atoms with Crippen LogP contribution >= 0.6 is 0 Å². The van der Waals surface area contributed by atoms with Crippen molar-refractivity contribution in [2.75, 3.05) is 13.1 Å². The second-order valence-corrected chi connectivity index (χ2v) is 8.23. The van der Waals surface area contributed by atoms with Gasteiger partial charge in [-0.25, -0.2) is 8.42 Å². The summed E-state index contributed by atoms with van der Waals surface area (Å²) in [7, 11) is -3.67. The average Bonchev–Trinajstić information content (AvgIpc) is 3.07. The van der Waals surface area contributed by atoms with Crippen LogP contribution in [-0.2, 0) is 27.7 Å². The lowest BCUT2D eigenvalue weighted by Gasteiger charge is -2.22. The first-order valence-electron chi connectivity index (χ1n) is 8.40. The summed E-state index contributed by atoms with van der Waals surface area (Å²) in [4.78, 5) is 14.3. The van der Waals surface area contributed by atoms with Gasteiger partial charge in [0.15, 0.2) is 0 Å². The standard InChI is InChI=1S/C17H24N2O3S/c1-13(17(20)19-10-4-5-11-19)18-23(21,22)16-9-8-14-6-2-3-7-15(14)12-16/h8-9,12-13,18H,2-7,10-11H2,1H3/t13-/m1/s1. The normalized spacial score (nSPS) is 19.4. The number of hydrogen-bond acceptors (Lipinski definition) is 3. The lowest BCUT2D eigenvalue weighted by Crippen LogP contribution is -2.45. The van der Waals surface area contributed by atoms with E-state index in [0.717, 1.165) is 50.8 Å². The minimum Gasteiger partial charge on any atom is -0.341 e. The molecule has 1 aliphatic heterocycles. The monoisotopic (exact) mass is 336 g/mol. The van der Waals surface area contributed by atoms with Crippen LogP contribution in [-0.4, -0.2) is 38.4 Å². The largest absolute Gasteiger partial charge is 0.341 e. The van der Waals surface area contributed by atoms with Crippen LogP contribution in [0.2, 0.25) is 0 Å². The third-order valence-corrected chi connectivity index (χ3v) is 6.29. The van der Waals surface area contributed by atoms with Gasteiger partial charge in [-0.2, -0.15) is 4.72 Å². The molecule has 6 heteroatoms. The number of nitrogens with zero attached hydrogens (tertiary/aromatic N) is 1. The van der Waals surface area contributed by atoms with E-state index in [2.05, 4.69) is 4.72 Å². The number of sulfonamides is 1. The van der Waals surface area contributed by atoms with Crippen molar-refractivity contribution >= 4 is 15.9 Å². The summed E-state index contributed by atoms with van der Waals surface area (Å²) in [5, 5.41) is 0. The smallest absolute Gasteiger partial charge is 0.241 e. The molecule has 0 unspecified atom stereocenters. The Balaban J connectivity index is 1.74. The van der Waals surface area contributed by atoms with Crippen molar-refractivity contribution in [3.8, 4) is 0 Å². The van der Waals surface area contributed by atoms with Gasteiger partial charge in [-0.05, 0) is 68.7 Å². The fraction of sp³-hybridized carbons (Fsp3) is 0.588. The number of carbonyl (C=O) groups is 1. The van der Waals surface area contributed by atoms with E-state index >= 15 is 0 Å². The number of hydrogen-bond donors (Lipinski definition) is 1. The third kappa shape index (κ3) is 3.58. The molecule has 0 saturated carbocycles. The van der Waals surface area contributed by atoms with Gasteiger partial charge in [0.05, 0.1) is 10.9 Å². The van der Waals surface area contributed by atoms with E-state index in [0.29, 0.717) is 0 Å². The van der Waals surface area contributed by atoms with E-state index < -0.39 is 16.1 Å². The Bertz CT molecular complexity index is 694. The summed E-state index contributed by atoms with van der Waals surface area (Å²) in [6.45, 7) is 3.07. The van der Waals surface area contributed by atoms with Crippen LogP contribution in [0.4, 0.5) is 0 Å². The Morgan fingerprint density at radius 1 is 1.09 bits per heavy atom. The van der Waals surface area contributed by atoms with Crippen molar-refractivity contribution in [3.05, 3.63) is 29.3 Å². The summed E-state index contributed by atoms with van der Waals surface area (Å²) in [6.07, 6.45) is 6.21. The highest BCUT2D eigenvalue weighted by molar-refractivity contribution is 7.89. The molecule has 1 aromatic carbocycles. The number of benzene rings is 1. The number of likely N-dealkylation sites (tertiary alicyclic amines) is 1. The minimum atomic E-state index is -3.67. The molecule has 0 radical (unpaired) electrons. The maximum absolute atomic E-state index is 12.6. The van der Waals surface area contributed by atoms with Gasteiger partial charge in [-0.3, -0.25) is 4.79 Å². The molecule has 3 rings (SSSR count). The molecule has 0 bridgehead atoms. The van der Waals surface area contributed by atoms with E-state index in [1.165, 1.54) is 12.0 Å². The fourth-order valence-electron chi connectivity index (χ4n) is 3.44. The Hall–Kier alpha value is -1.40. The first-order chi connectivity index (χ1) is 11.0. The minimum absolute atomic E-state index is 0.135. The molecule has 1 aromatic rings. The zero-order valence-corrected chi connectivity index (χ0v) is 14.4. The molecule has 1 fully saturated rings. The average molecular weight is 336 g/mol. The highest BCUT2D eigenvalue weighted by atomic mass is 32.2. The highest BCUT2D eigenvalue weighted by Crippen LogP contribution is 2.24. The summed E-state index contributed by atoms with van der Waals surface area (Å²) < 4.78 is 27.7. The Morgan fingerprint density at radius 3 is 2.43 bits per heavy atom. The number of fused-ring (bicyclic) bond motifs is 1. The van der Waals surface area contributed by atoms with Crippen LogP contribution in [0, 0.1) is 0 Å². The second kappa shape index (κ2) is 6.61. The molecule has 5 nitrogen and oxygen atoms in total. The molecule has 1 atom stereocenters. The number of rotatable bonds is 4. The van der Waals surface area contributed by atoms with Crippen molar-refractivity contribution in [1.29, 1.82) is 0 Å². The van der Waals surface area contributed by atoms with Gasteiger partial charge in [0, 0.05) is 13.1 Å². The van der Waals surface area contributed by atoms with E-state index in [4.69, 9.17) is 0 Å². The van der Waals surface area contributed by atoms with Crippen LogP contribution in [0.15, 0.2) is 23.1 Å². The van der Waals surface area contributed by atoms with Gasteiger partial charge in [0.25, 0.3) is 0 Å². The molecular weight excluding hydrogens is 312 g/mol. The van der Waals surface area contributed by atoms with E-state index in [-0.39, 0.29) is 10.8 Å². The quantitative estimate of drug-likeness (QED) is 0.912. The first kappa shape index (κ1) is 16.5. The van der Waals surface area contributed by atoms with Gasteiger partial charge in [-0.15, -0.1) is 0 Å². The molecule has 23 heavy (non-hydrogen) atoms. The van der Waals surface area contributed by atoms with Crippen molar-refractivity contribution in [2.24, 2.45) is 0 Å².